The first kappa shape index (κ1) is 12.5. The molecule has 1 aromatic heterocycles. The Kier molecular flexibility index (Phi) is 4.07. The summed E-state index contributed by atoms with van der Waals surface area (Å²) < 4.78 is 2.96. The molecule has 0 amide bonds. The monoisotopic (exact) mass is 308 g/mol. The third kappa shape index (κ3) is 2.82. The van der Waals surface area contributed by atoms with Crippen molar-refractivity contribution in [2.75, 3.05) is 6.26 Å². The molecule has 0 spiro atoms. The Morgan fingerprint density at radius 2 is 1.94 bits per heavy atom. The van der Waals surface area contributed by atoms with Crippen LogP contribution in [-0.4, -0.2) is 15.8 Å². The average Bonchev–Trinajstić information content (AvgIpc) is 2.63. The molecule has 88 valence electrons. The van der Waals surface area contributed by atoms with E-state index in [1.54, 1.807) is 11.8 Å². The highest BCUT2D eigenvalue weighted by atomic mass is 79.9. The molecule has 0 fully saturated rings. The quantitative estimate of drug-likeness (QED) is 0.795. The van der Waals surface area contributed by atoms with E-state index in [1.165, 1.54) is 5.56 Å². The molecule has 1 aromatic carbocycles. The largest absolute Gasteiger partial charge is 0.322 e. The van der Waals surface area contributed by atoms with Crippen LogP contribution in [0.1, 0.15) is 11.3 Å². The van der Waals surface area contributed by atoms with Gasteiger partial charge in [0.2, 0.25) is 0 Å². The molecule has 0 N–H and O–H groups in total. The van der Waals surface area contributed by atoms with E-state index in [1.807, 2.05) is 31.5 Å². The highest BCUT2D eigenvalue weighted by Crippen LogP contribution is 2.24. The zero-order chi connectivity index (χ0) is 12.3. The fourth-order valence-corrected chi connectivity index (χ4v) is 2.80. The Bertz CT molecular complexity index is 532. The van der Waals surface area contributed by atoms with Crippen LogP contribution in [0, 0.1) is 0 Å². The van der Waals surface area contributed by atoms with Crippen LogP contribution in [0.3, 0.4) is 0 Å². The average molecular weight is 309 g/mol. The van der Waals surface area contributed by atoms with Crippen LogP contribution in [0.15, 0.2) is 40.1 Å². The van der Waals surface area contributed by atoms with Crippen molar-refractivity contribution in [2.24, 2.45) is 7.05 Å². The summed E-state index contributed by atoms with van der Waals surface area (Å²) in [5, 5.41) is 1.00. The molecule has 0 unspecified atom stereocenters. The van der Waals surface area contributed by atoms with Gasteiger partial charge in [0.1, 0.15) is 4.60 Å². The number of nitrogens with zero attached hydrogens (tertiary/aromatic N) is 2. The van der Waals surface area contributed by atoms with Gasteiger partial charge in [0.15, 0.2) is 5.16 Å². The number of halogens is 1. The van der Waals surface area contributed by atoms with Crippen molar-refractivity contribution >= 4 is 39.8 Å². The van der Waals surface area contributed by atoms with Crippen molar-refractivity contribution in [3.8, 4) is 0 Å². The number of hydrogen-bond donors (Lipinski definition) is 0. The van der Waals surface area contributed by atoms with Gasteiger partial charge in [0, 0.05) is 7.05 Å². The van der Waals surface area contributed by atoms with Gasteiger partial charge in [-0.1, -0.05) is 48.2 Å². The van der Waals surface area contributed by atoms with Crippen molar-refractivity contribution in [3.63, 3.8) is 0 Å². The minimum Gasteiger partial charge on any atom is -0.322 e. The maximum atomic E-state index is 4.43. The lowest BCUT2D eigenvalue weighted by Gasteiger charge is -1.99. The fourth-order valence-electron chi connectivity index (χ4n) is 1.56. The number of imidazole rings is 1. The summed E-state index contributed by atoms with van der Waals surface area (Å²) in [7, 11) is 2.02. The third-order valence-corrected chi connectivity index (χ3v) is 3.78. The molecule has 4 heteroatoms. The van der Waals surface area contributed by atoms with Crippen molar-refractivity contribution in [1.82, 2.24) is 9.55 Å². The number of thioether (sulfide) groups is 1. The molecule has 0 aliphatic heterocycles. The van der Waals surface area contributed by atoms with Crippen molar-refractivity contribution in [2.45, 2.75) is 5.16 Å². The highest BCUT2D eigenvalue weighted by Gasteiger charge is 2.08. The summed E-state index contributed by atoms with van der Waals surface area (Å²) in [6.45, 7) is 0. The van der Waals surface area contributed by atoms with Gasteiger partial charge in [-0.2, -0.15) is 0 Å². The summed E-state index contributed by atoms with van der Waals surface area (Å²) in [6.07, 6.45) is 6.19. The first-order chi connectivity index (χ1) is 8.22. The lowest BCUT2D eigenvalue weighted by atomic mass is 10.2. The van der Waals surface area contributed by atoms with E-state index in [0.29, 0.717) is 0 Å². The molecule has 2 rings (SSSR count). The van der Waals surface area contributed by atoms with Gasteiger partial charge >= 0.3 is 0 Å². The second-order valence-corrected chi connectivity index (χ2v) is 5.10. The van der Waals surface area contributed by atoms with Crippen LogP contribution < -0.4 is 0 Å². The lowest BCUT2D eigenvalue weighted by molar-refractivity contribution is 0.785. The summed E-state index contributed by atoms with van der Waals surface area (Å²) >= 11 is 5.13. The Morgan fingerprint density at radius 1 is 1.24 bits per heavy atom. The first-order valence-corrected chi connectivity index (χ1v) is 7.23. The second kappa shape index (κ2) is 5.56. The normalized spacial score (nSPS) is 11.2. The minimum absolute atomic E-state index is 0.886. The molecule has 0 atom stereocenters. The molecule has 0 saturated carbocycles. The van der Waals surface area contributed by atoms with Crippen LogP contribution in [0.25, 0.3) is 12.2 Å². The van der Waals surface area contributed by atoms with Crippen LogP contribution in [-0.2, 0) is 7.05 Å². The second-order valence-electron chi connectivity index (χ2n) is 3.58. The van der Waals surface area contributed by atoms with Crippen LogP contribution in [0.5, 0.6) is 0 Å². The number of benzene rings is 1. The molecule has 0 radical (unpaired) electrons. The van der Waals surface area contributed by atoms with E-state index in [0.717, 1.165) is 15.5 Å². The SMILES string of the molecule is CSc1nc(Br)c(/C=C/c2ccccc2)n1C. The van der Waals surface area contributed by atoms with Crippen LogP contribution in [0.4, 0.5) is 0 Å². The van der Waals surface area contributed by atoms with E-state index >= 15 is 0 Å². The van der Waals surface area contributed by atoms with E-state index in [-0.39, 0.29) is 0 Å². The van der Waals surface area contributed by atoms with E-state index in [9.17, 15) is 0 Å². The molecule has 0 saturated heterocycles. The van der Waals surface area contributed by atoms with Crippen LogP contribution >= 0.6 is 27.7 Å². The molecular weight excluding hydrogens is 296 g/mol. The smallest absolute Gasteiger partial charge is 0.169 e. The van der Waals surface area contributed by atoms with Crippen molar-refractivity contribution in [1.29, 1.82) is 0 Å². The van der Waals surface area contributed by atoms with Crippen molar-refractivity contribution < 1.29 is 0 Å². The lowest BCUT2D eigenvalue weighted by Crippen LogP contribution is -1.92. The predicted octanol–water partition coefficient (Wildman–Crippen LogP) is 4.07. The highest BCUT2D eigenvalue weighted by molar-refractivity contribution is 9.10. The fraction of sp³-hybridized carbons (Fsp3) is 0.154. The van der Waals surface area contributed by atoms with Gasteiger partial charge in [-0.15, -0.1) is 0 Å². The number of rotatable bonds is 3. The molecule has 0 aliphatic rings. The Labute approximate surface area is 114 Å². The number of aromatic nitrogens is 2. The Morgan fingerprint density at radius 3 is 2.53 bits per heavy atom. The first-order valence-electron chi connectivity index (χ1n) is 5.21. The molecule has 0 aliphatic carbocycles. The Balaban J connectivity index is 2.30. The zero-order valence-electron chi connectivity index (χ0n) is 9.72. The van der Waals surface area contributed by atoms with Gasteiger partial charge in [0.05, 0.1) is 5.69 Å². The summed E-state index contributed by atoms with van der Waals surface area (Å²) in [4.78, 5) is 4.43. The van der Waals surface area contributed by atoms with E-state index < -0.39 is 0 Å². The summed E-state index contributed by atoms with van der Waals surface area (Å²) in [6, 6.07) is 10.2. The molecule has 2 aromatic rings. The topological polar surface area (TPSA) is 17.8 Å². The van der Waals surface area contributed by atoms with Crippen molar-refractivity contribution in [3.05, 3.63) is 46.2 Å². The predicted molar refractivity (Wildman–Crippen MR) is 78.1 cm³/mol. The summed E-state index contributed by atoms with van der Waals surface area (Å²) in [5.74, 6) is 0. The summed E-state index contributed by atoms with van der Waals surface area (Å²) in [5.41, 5.74) is 2.27. The molecule has 1 heterocycles. The standard InChI is InChI=1S/C13H13BrN2S/c1-16-11(12(14)15-13(16)17-2)9-8-10-6-4-3-5-7-10/h3-9H,1-2H3/b9-8+. The van der Waals surface area contributed by atoms with Gasteiger partial charge < -0.3 is 4.57 Å². The molecule has 0 bridgehead atoms. The van der Waals surface area contributed by atoms with Gasteiger partial charge in [-0.25, -0.2) is 4.98 Å². The minimum atomic E-state index is 0.886. The van der Waals surface area contributed by atoms with E-state index in [2.05, 4.69) is 49.8 Å². The number of hydrogen-bond acceptors (Lipinski definition) is 2. The molecule has 17 heavy (non-hydrogen) atoms. The van der Waals surface area contributed by atoms with E-state index in [4.69, 9.17) is 0 Å². The van der Waals surface area contributed by atoms with Gasteiger partial charge in [-0.3, -0.25) is 0 Å². The van der Waals surface area contributed by atoms with Crippen LogP contribution in [0.2, 0.25) is 0 Å². The van der Waals surface area contributed by atoms with Gasteiger partial charge in [0.25, 0.3) is 0 Å². The molecular formula is C13H13BrN2S. The maximum absolute atomic E-state index is 4.43. The maximum Gasteiger partial charge on any atom is 0.169 e. The zero-order valence-corrected chi connectivity index (χ0v) is 12.1. The molecule has 2 nitrogen and oxygen atoms in total. The third-order valence-electron chi connectivity index (χ3n) is 2.47. The Hall–Kier alpha value is -1.00. The van der Waals surface area contributed by atoms with Gasteiger partial charge in [-0.05, 0) is 33.8 Å².